The predicted octanol–water partition coefficient (Wildman–Crippen LogP) is -0.0439. The van der Waals surface area contributed by atoms with E-state index in [1.165, 1.54) is 25.9 Å². The zero-order chi connectivity index (χ0) is 9.10. The van der Waals surface area contributed by atoms with E-state index in [-0.39, 0.29) is 0 Å². The van der Waals surface area contributed by atoms with Gasteiger partial charge in [-0.3, -0.25) is 0 Å². The molecule has 5 heteroatoms. The molecule has 0 aromatic carbocycles. The summed E-state index contributed by atoms with van der Waals surface area (Å²) in [7, 11) is 0. The maximum Gasteiger partial charge on any atom is 0.165 e. The smallest absolute Gasteiger partial charge is 0.165 e. The molecule has 1 aliphatic rings. The lowest BCUT2D eigenvalue weighted by Gasteiger charge is -2.12. The van der Waals surface area contributed by atoms with Gasteiger partial charge in [0.1, 0.15) is 0 Å². The van der Waals surface area contributed by atoms with E-state index < -0.39 is 0 Å². The quantitative estimate of drug-likeness (QED) is 0.710. The third-order valence-corrected chi connectivity index (χ3v) is 2.37. The van der Waals surface area contributed by atoms with Gasteiger partial charge >= 0.3 is 0 Å². The van der Waals surface area contributed by atoms with Gasteiger partial charge in [-0.15, -0.1) is 5.10 Å². The fraction of sp³-hybridized carbons (Fsp3) is 0.750. The Kier molecular flexibility index (Phi) is 2.44. The van der Waals surface area contributed by atoms with Crippen LogP contribution in [-0.4, -0.2) is 39.5 Å². The van der Waals surface area contributed by atoms with Crippen molar-refractivity contribution in [1.29, 1.82) is 0 Å². The summed E-state index contributed by atoms with van der Waals surface area (Å²) < 4.78 is 0. The number of nitrogens with two attached hydrogens (primary N) is 1. The Morgan fingerprint density at radius 3 is 2.69 bits per heavy atom. The van der Waals surface area contributed by atoms with Crippen molar-refractivity contribution in [2.45, 2.75) is 19.4 Å². The Labute approximate surface area is 77.5 Å². The van der Waals surface area contributed by atoms with E-state index in [4.69, 9.17) is 5.73 Å². The molecule has 2 N–H and O–H groups in total. The first kappa shape index (κ1) is 8.50. The number of rotatable bonds is 3. The average Bonchev–Trinajstić information content (AvgIpc) is 2.71. The Hall–Kier alpha value is -1.10. The third kappa shape index (κ3) is 2.18. The molecule has 72 valence electrons. The number of nitrogen functional groups attached to an aromatic ring is 1. The average molecular weight is 181 g/mol. The second kappa shape index (κ2) is 3.74. The van der Waals surface area contributed by atoms with E-state index in [1.807, 2.05) is 0 Å². The molecule has 0 bridgehead atoms. The van der Waals surface area contributed by atoms with Crippen molar-refractivity contribution in [2.75, 3.05) is 25.4 Å². The van der Waals surface area contributed by atoms with Crippen LogP contribution in [0.1, 0.15) is 12.8 Å². The van der Waals surface area contributed by atoms with Crippen molar-refractivity contribution in [1.82, 2.24) is 19.9 Å². The molecule has 0 radical (unpaired) electrons. The Morgan fingerprint density at radius 1 is 1.31 bits per heavy atom. The SMILES string of the molecule is Nc1cnn(CCN2CCCC2)n1. The van der Waals surface area contributed by atoms with Gasteiger partial charge in [0.05, 0.1) is 12.7 Å². The summed E-state index contributed by atoms with van der Waals surface area (Å²) in [5, 5.41) is 8.06. The molecule has 0 atom stereocenters. The van der Waals surface area contributed by atoms with Crippen LogP contribution in [-0.2, 0) is 6.54 Å². The summed E-state index contributed by atoms with van der Waals surface area (Å²) >= 11 is 0. The van der Waals surface area contributed by atoms with Gasteiger partial charge in [-0.25, -0.2) is 0 Å². The van der Waals surface area contributed by atoms with Crippen LogP contribution >= 0.6 is 0 Å². The van der Waals surface area contributed by atoms with Crippen molar-refractivity contribution in [3.63, 3.8) is 0 Å². The lowest BCUT2D eigenvalue weighted by molar-refractivity contribution is 0.306. The second-order valence-electron chi connectivity index (χ2n) is 3.41. The van der Waals surface area contributed by atoms with Gasteiger partial charge in [-0.2, -0.15) is 9.90 Å². The molecular formula is C8H15N5. The van der Waals surface area contributed by atoms with Crippen LogP contribution in [0, 0.1) is 0 Å². The first-order valence-corrected chi connectivity index (χ1v) is 4.72. The van der Waals surface area contributed by atoms with Gasteiger partial charge in [0.15, 0.2) is 5.82 Å². The van der Waals surface area contributed by atoms with Gasteiger partial charge in [-0.05, 0) is 25.9 Å². The minimum atomic E-state index is 0.501. The maximum absolute atomic E-state index is 5.45. The molecule has 1 saturated heterocycles. The van der Waals surface area contributed by atoms with Crippen LogP contribution in [0.3, 0.4) is 0 Å². The van der Waals surface area contributed by atoms with E-state index in [0.717, 1.165) is 13.1 Å². The zero-order valence-electron chi connectivity index (χ0n) is 7.69. The second-order valence-corrected chi connectivity index (χ2v) is 3.41. The third-order valence-electron chi connectivity index (χ3n) is 2.37. The fourth-order valence-corrected chi connectivity index (χ4v) is 1.66. The van der Waals surface area contributed by atoms with Gasteiger partial charge in [0.25, 0.3) is 0 Å². The van der Waals surface area contributed by atoms with Crippen molar-refractivity contribution >= 4 is 5.82 Å². The zero-order valence-corrected chi connectivity index (χ0v) is 7.69. The molecule has 0 spiro atoms. The molecule has 2 rings (SSSR count). The Morgan fingerprint density at radius 2 is 2.08 bits per heavy atom. The fourth-order valence-electron chi connectivity index (χ4n) is 1.66. The molecule has 1 aromatic heterocycles. The Bertz CT molecular complexity index is 263. The summed E-state index contributed by atoms with van der Waals surface area (Å²) in [6.45, 7) is 4.32. The molecular weight excluding hydrogens is 166 g/mol. The topological polar surface area (TPSA) is 60.0 Å². The lowest BCUT2D eigenvalue weighted by Crippen LogP contribution is -2.24. The number of aromatic nitrogens is 3. The molecule has 1 aromatic rings. The largest absolute Gasteiger partial charge is 0.381 e. The van der Waals surface area contributed by atoms with Crippen molar-refractivity contribution in [2.24, 2.45) is 0 Å². The van der Waals surface area contributed by atoms with E-state index in [2.05, 4.69) is 15.1 Å². The van der Waals surface area contributed by atoms with Gasteiger partial charge < -0.3 is 10.6 Å². The monoisotopic (exact) mass is 181 g/mol. The predicted molar refractivity (Wildman–Crippen MR) is 50.1 cm³/mol. The lowest BCUT2D eigenvalue weighted by atomic mass is 10.4. The minimum Gasteiger partial charge on any atom is -0.381 e. The molecule has 1 fully saturated rings. The summed E-state index contributed by atoms with van der Waals surface area (Å²) in [5.74, 6) is 0.501. The summed E-state index contributed by atoms with van der Waals surface area (Å²) in [6.07, 6.45) is 4.24. The summed E-state index contributed by atoms with van der Waals surface area (Å²) in [4.78, 5) is 4.09. The van der Waals surface area contributed by atoms with Gasteiger partial charge in [-0.1, -0.05) is 0 Å². The first-order chi connectivity index (χ1) is 6.34. The van der Waals surface area contributed by atoms with Crippen molar-refractivity contribution in [3.8, 4) is 0 Å². The van der Waals surface area contributed by atoms with Crippen LogP contribution in [0.25, 0.3) is 0 Å². The molecule has 0 amide bonds. The number of hydrogen-bond acceptors (Lipinski definition) is 4. The van der Waals surface area contributed by atoms with E-state index in [9.17, 15) is 0 Å². The van der Waals surface area contributed by atoms with E-state index in [0.29, 0.717) is 5.82 Å². The highest BCUT2D eigenvalue weighted by molar-refractivity contribution is 5.19. The van der Waals surface area contributed by atoms with Crippen LogP contribution < -0.4 is 5.73 Å². The molecule has 13 heavy (non-hydrogen) atoms. The number of likely N-dealkylation sites (tertiary alicyclic amines) is 1. The molecule has 2 heterocycles. The van der Waals surface area contributed by atoms with Gasteiger partial charge in [0.2, 0.25) is 0 Å². The molecule has 0 unspecified atom stereocenters. The summed E-state index contributed by atoms with van der Waals surface area (Å²) in [6, 6.07) is 0. The molecule has 0 aliphatic carbocycles. The normalized spacial score (nSPS) is 18.2. The van der Waals surface area contributed by atoms with Crippen molar-refractivity contribution in [3.05, 3.63) is 6.20 Å². The van der Waals surface area contributed by atoms with E-state index in [1.54, 1.807) is 11.0 Å². The molecule has 0 saturated carbocycles. The van der Waals surface area contributed by atoms with Crippen LogP contribution in [0.4, 0.5) is 5.82 Å². The minimum absolute atomic E-state index is 0.501. The highest BCUT2D eigenvalue weighted by Crippen LogP contribution is 2.06. The van der Waals surface area contributed by atoms with Crippen LogP contribution in [0.15, 0.2) is 6.20 Å². The summed E-state index contributed by atoms with van der Waals surface area (Å²) in [5.41, 5.74) is 5.45. The number of nitrogens with zero attached hydrogens (tertiary/aromatic N) is 4. The number of anilines is 1. The Balaban J connectivity index is 1.78. The standard InChI is InChI=1S/C8H15N5/c9-8-7-10-13(11-8)6-5-12-3-1-2-4-12/h7H,1-6H2,(H2,9,11). The van der Waals surface area contributed by atoms with Crippen LogP contribution in [0.5, 0.6) is 0 Å². The molecule has 1 aliphatic heterocycles. The molecule has 5 nitrogen and oxygen atoms in total. The van der Waals surface area contributed by atoms with Crippen LogP contribution in [0.2, 0.25) is 0 Å². The van der Waals surface area contributed by atoms with Crippen molar-refractivity contribution < 1.29 is 0 Å². The maximum atomic E-state index is 5.45. The number of hydrogen-bond donors (Lipinski definition) is 1. The highest BCUT2D eigenvalue weighted by Gasteiger charge is 2.10. The first-order valence-electron chi connectivity index (χ1n) is 4.72. The van der Waals surface area contributed by atoms with E-state index >= 15 is 0 Å². The van der Waals surface area contributed by atoms with Gasteiger partial charge in [0, 0.05) is 6.54 Å². The highest BCUT2D eigenvalue weighted by atomic mass is 15.5.